The Morgan fingerprint density at radius 3 is 2.68 bits per heavy atom. The molecule has 1 N–H and O–H groups in total. The molecule has 9 heteroatoms. The van der Waals surface area contributed by atoms with Gasteiger partial charge in [0.2, 0.25) is 11.8 Å². The van der Waals surface area contributed by atoms with Gasteiger partial charge >= 0.3 is 0 Å². The first kappa shape index (κ1) is 16.8. The van der Waals surface area contributed by atoms with E-state index in [0.29, 0.717) is 11.6 Å². The predicted molar refractivity (Wildman–Crippen MR) is 81.8 cm³/mol. The quantitative estimate of drug-likeness (QED) is 0.810. The van der Waals surface area contributed by atoms with E-state index in [1.807, 2.05) is 6.26 Å². The lowest BCUT2D eigenvalue weighted by molar-refractivity contribution is -0.115. The van der Waals surface area contributed by atoms with Crippen LogP contribution in [0.5, 0.6) is 0 Å². The van der Waals surface area contributed by atoms with Crippen LogP contribution < -0.4 is 5.32 Å². The number of amides is 1. The van der Waals surface area contributed by atoms with E-state index in [2.05, 4.69) is 15.5 Å². The molecule has 1 unspecified atom stereocenters. The van der Waals surface area contributed by atoms with E-state index in [4.69, 9.17) is 4.42 Å². The van der Waals surface area contributed by atoms with Gasteiger partial charge in [0.25, 0.3) is 5.22 Å². The predicted octanol–water partition coefficient (Wildman–Crippen LogP) is 3.33. The van der Waals surface area contributed by atoms with Gasteiger partial charge in [-0.05, 0) is 25.3 Å². The van der Waals surface area contributed by atoms with Crippen LogP contribution in [0, 0.1) is 11.6 Å². The molecule has 1 aromatic heterocycles. The number of aromatic nitrogens is 2. The van der Waals surface area contributed by atoms with Crippen molar-refractivity contribution < 1.29 is 18.0 Å². The van der Waals surface area contributed by atoms with Crippen molar-refractivity contribution in [2.24, 2.45) is 0 Å². The van der Waals surface area contributed by atoms with Crippen molar-refractivity contribution in [3.63, 3.8) is 0 Å². The lowest BCUT2D eigenvalue weighted by atomic mass is 10.3. The number of anilines is 1. The molecule has 0 saturated heterocycles. The highest BCUT2D eigenvalue weighted by Gasteiger charge is 2.20. The zero-order valence-electron chi connectivity index (χ0n) is 11.8. The third-order valence-corrected chi connectivity index (χ3v) is 4.04. The summed E-state index contributed by atoms with van der Waals surface area (Å²) in [5.74, 6) is -1.17. The topological polar surface area (TPSA) is 68.0 Å². The summed E-state index contributed by atoms with van der Waals surface area (Å²) in [5.41, 5.74) is -0.464. The molecule has 0 bridgehead atoms. The average Bonchev–Trinajstić information content (AvgIpc) is 2.90. The monoisotopic (exact) mass is 345 g/mol. The van der Waals surface area contributed by atoms with Crippen molar-refractivity contribution in [2.45, 2.75) is 23.1 Å². The number of nitrogens with zero attached hydrogens (tertiary/aromatic N) is 2. The van der Waals surface area contributed by atoms with Crippen LogP contribution in [0.3, 0.4) is 0 Å². The molecule has 1 amide bonds. The smallest absolute Gasteiger partial charge is 0.277 e. The Bertz CT molecular complexity index is 646. The Morgan fingerprint density at radius 1 is 1.36 bits per heavy atom. The van der Waals surface area contributed by atoms with Crippen LogP contribution in [0.4, 0.5) is 14.5 Å². The number of hydrogen-bond donors (Lipinski definition) is 1. The number of rotatable bonds is 6. The number of hydrogen-bond acceptors (Lipinski definition) is 6. The highest BCUT2D eigenvalue weighted by Crippen LogP contribution is 2.25. The molecule has 118 valence electrons. The van der Waals surface area contributed by atoms with Crippen LogP contribution in [0.1, 0.15) is 12.8 Å². The maximum absolute atomic E-state index is 13.5. The van der Waals surface area contributed by atoms with Crippen molar-refractivity contribution in [1.82, 2.24) is 10.2 Å². The summed E-state index contributed by atoms with van der Waals surface area (Å²) < 4.78 is 32.3. The van der Waals surface area contributed by atoms with E-state index in [9.17, 15) is 13.6 Å². The molecule has 0 fully saturated rings. The van der Waals surface area contributed by atoms with E-state index >= 15 is 0 Å². The van der Waals surface area contributed by atoms with Crippen LogP contribution >= 0.6 is 23.5 Å². The highest BCUT2D eigenvalue weighted by atomic mass is 32.2. The number of nitrogens with one attached hydrogen (secondary N) is 1. The maximum atomic E-state index is 13.5. The summed E-state index contributed by atoms with van der Waals surface area (Å²) in [6, 6.07) is 3.37. The van der Waals surface area contributed by atoms with Crippen molar-refractivity contribution >= 4 is 35.1 Å². The molecule has 0 aliphatic rings. The van der Waals surface area contributed by atoms with Gasteiger partial charge in [-0.15, -0.1) is 10.2 Å². The average molecular weight is 345 g/mol. The van der Waals surface area contributed by atoms with Crippen molar-refractivity contribution in [3.8, 4) is 0 Å². The number of thioether (sulfide) groups is 2. The van der Waals surface area contributed by atoms with E-state index in [1.165, 1.54) is 17.8 Å². The molecule has 1 atom stereocenters. The molecule has 2 aromatic rings. The van der Waals surface area contributed by atoms with Crippen molar-refractivity contribution in [1.29, 1.82) is 0 Å². The molecule has 0 radical (unpaired) electrons. The van der Waals surface area contributed by atoms with Gasteiger partial charge in [0.1, 0.15) is 17.3 Å². The standard InChI is InChI=1S/C13H13F2N3O2S2/c1-7(22-13-18-17-10(20-13)6-21-2)12(19)16-11-8(14)4-3-5-9(11)15/h3-5,7H,6H2,1-2H3,(H,16,19). The molecule has 1 aromatic carbocycles. The molecular weight excluding hydrogens is 332 g/mol. The molecule has 0 aliphatic heterocycles. The maximum Gasteiger partial charge on any atom is 0.277 e. The van der Waals surface area contributed by atoms with E-state index in [-0.39, 0.29) is 5.22 Å². The minimum atomic E-state index is -0.828. The van der Waals surface area contributed by atoms with Gasteiger partial charge in [-0.1, -0.05) is 17.8 Å². The summed E-state index contributed by atoms with van der Waals surface area (Å²) >= 11 is 2.55. The van der Waals surface area contributed by atoms with Gasteiger partial charge in [-0.25, -0.2) is 8.78 Å². The summed E-state index contributed by atoms with van der Waals surface area (Å²) in [6.07, 6.45) is 1.90. The second kappa shape index (κ2) is 7.59. The van der Waals surface area contributed by atoms with E-state index in [1.54, 1.807) is 6.92 Å². The second-order valence-electron chi connectivity index (χ2n) is 4.24. The van der Waals surface area contributed by atoms with Crippen molar-refractivity contribution in [2.75, 3.05) is 11.6 Å². The highest BCUT2D eigenvalue weighted by molar-refractivity contribution is 8.00. The molecule has 0 aliphatic carbocycles. The minimum absolute atomic E-state index is 0.237. The molecule has 2 rings (SSSR count). The van der Waals surface area contributed by atoms with Gasteiger partial charge < -0.3 is 9.73 Å². The van der Waals surface area contributed by atoms with Gasteiger partial charge in [-0.2, -0.15) is 11.8 Å². The summed E-state index contributed by atoms with van der Waals surface area (Å²) in [5, 5.41) is 9.44. The fraction of sp³-hybridized carbons (Fsp3) is 0.308. The number of benzene rings is 1. The van der Waals surface area contributed by atoms with E-state index in [0.717, 1.165) is 23.9 Å². The first-order chi connectivity index (χ1) is 10.5. The number of halogens is 2. The molecule has 22 heavy (non-hydrogen) atoms. The number of para-hydroxylation sites is 1. The Labute approximate surface area is 134 Å². The zero-order valence-corrected chi connectivity index (χ0v) is 13.4. The third-order valence-electron chi connectivity index (χ3n) is 2.57. The molecule has 0 saturated carbocycles. The van der Waals surface area contributed by atoms with Crippen LogP contribution in [0.25, 0.3) is 0 Å². The van der Waals surface area contributed by atoms with E-state index < -0.39 is 28.5 Å². The van der Waals surface area contributed by atoms with Crippen molar-refractivity contribution in [3.05, 3.63) is 35.7 Å². The first-order valence-corrected chi connectivity index (χ1v) is 8.51. The SMILES string of the molecule is CSCc1nnc(SC(C)C(=O)Nc2c(F)cccc2F)o1. The second-order valence-corrected chi connectivity index (χ2v) is 6.40. The Hall–Kier alpha value is -1.61. The fourth-order valence-electron chi connectivity index (χ4n) is 1.51. The summed E-state index contributed by atoms with van der Waals surface area (Å²) in [7, 11) is 0. The third kappa shape index (κ3) is 4.20. The first-order valence-electron chi connectivity index (χ1n) is 6.24. The van der Waals surface area contributed by atoms with Crippen LogP contribution in [0.2, 0.25) is 0 Å². The fourth-order valence-corrected chi connectivity index (χ4v) is 2.58. The Kier molecular flexibility index (Phi) is 5.78. The Balaban J connectivity index is 1.99. The molecule has 1 heterocycles. The van der Waals surface area contributed by atoms with Gasteiger partial charge in [0.15, 0.2) is 0 Å². The normalized spacial score (nSPS) is 12.2. The van der Waals surface area contributed by atoms with Crippen LogP contribution in [-0.2, 0) is 10.5 Å². The Morgan fingerprint density at radius 2 is 2.05 bits per heavy atom. The van der Waals surface area contributed by atoms with Crippen LogP contribution in [-0.4, -0.2) is 27.6 Å². The summed E-state index contributed by atoms with van der Waals surface area (Å²) in [4.78, 5) is 12.0. The molecular formula is C13H13F2N3O2S2. The lowest BCUT2D eigenvalue weighted by Crippen LogP contribution is -2.23. The minimum Gasteiger partial charge on any atom is -0.415 e. The van der Waals surface area contributed by atoms with Crippen LogP contribution in [0.15, 0.2) is 27.8 Å². The lowest BCUT2D eigenvalue weighted by Gasteiger charge is -2.11. The largest absolute Gasteiger partial charge is 0.415 e. The van der Waals surface area contributed by atoms with Gasteiger partial charge in [0.05, 0.1) is 11.0 Å². The number of carbonyl (C=O) groups is 1. The van der Waals surface area contributed by atoms with Gasteiger partial charge in [0, 0.05) is 0 Å². The molecule has 5 nitrogen and oxygen atoms in total. The zero-order chi connectivity index (χ0) is 16.1. The van der Waals surface area contributed by atoms with Gasteiger partial charge in [-0.3, -0.25) is 4.79 Å². The summed E-state index contributed by atoms with van der Waals surface area (Å²) in [6.45, 7) is 1.58. The molecule has 0 spiro atoms. The number of carbonyl (C=O) groups excluding carboxylic acids is 1.